The number of alkyl halides is 1. The van der Waals surface area contributed by atoms with Gasteiger partial charge in [-0.05, 0) is 24.1 Å². The molecule has 0 aliphatic rings. The number of carbonyl (C=O) groups is 2. The molecule has 80 valence electrons. The summed E-state index contributed by atoms with van der Waals surface area (Å²) in [6.45, 7) is 1.22. The zero-order chi connectivity index (χ0) is 11.4. The Labute approximate surface area is 92.7 Å². The normalized spacial score (nSPS) is 12.2. The van der Waals surface area contributed by atoms with Gasteiger partial charge in [0.05, 0.1) is 6.61 Å². The molecule has 3 nitrogen and oxygen atoms in total. The van der Waals surface area contributed by atoms with E-state index in [9.17, 15) is 9.59 Å². The van der Waals surface area contributed by atoms with Crippen molar-refractivity contribution in [3.05, 3.63) is 34.9 Å². The number of Topliss-reactive ketones (excluding diaryl/α,β-unsaturated/α-hetero) is 1. The Morgan fingerprint density at radius 3 is 2.73 bits per heavy atom. The summed E-state index contributed by atoms with van der Waals surface area (Å²) in [5, 5.41) is 8.07. The number of hydrogen-bond donors (Lipinski definition) is 1. The molecule has 0 aliphatic carbocycles. The van der Waals surface area contributed by atoms with Gasteiger partial charge in [-0.2, -0.15) is 0 Å². The number of aliphatic hydroxyl groups excluding tert-OH is 1. The lowest BCUT2D eigenvalue weighted by atomic mass is 10.0. The largest absolute Gasteiger partial charge is 0.392 e. The molecule has 1 rings (SSSR count). The second-order valence-corrected chi connectivity index (χ2v) is 3.65. The Balaban J connectivity index is 3.18. The molecule has 0 aliphatic heterocycles. The van der Waals surface area contributed by atoms with Gasteiger partial charge >= 0.3 is 0 Å². The van der Waals surface area contributed by atoms with E-state index < -0.39 is 5.38 Å². The van der Waals surface area contributed by atoms with Crippen molar-refractivity contribution < 1.29 is 14.7 Å². The van der Waals surface area contributed by atoms with Crippen molar-refractivity contribution in [1.29, 1.82) is 0 Å². The molecule has 1 N–H and O–H groups in total. The fourth-order valence-electron chi connectivity index (χ4n) is 1.27. The first-order chi connectivity index (χ1) is 7.10. The molecular formula is C11H11ClO3. The van der Waals surface area contributed by atoms with Gasteiger partial charge in [0.25, 0.3) is 0 Å². The molecule has 0 heterocycles. The summed E-state index contributed by atoms with van der Waals surface area (Å²) < 4.78 is 0. The van der Waals surface area contributed by atoms with E-state index >= 15 is 0 Å². The van der Waals surface area contributed by atoms with E-state index in [1.54, 1.807) is 12.1 Å². The first kappa shape index (κ1) is 11.9. The van der Waals surface area contributed by atoms with Crippen LogP contribution in [0.1, 0.15) is 33.8 Å². The number of carbonyl (C=O) groups excluding carboxylic acids is 2. The van der Waals surface area contributed by atoms with Crippen LogP contribution in [0.4, 0.5) is 0 Å². The number of rotatable bonds is 4. The fraction of sp³-hybridized carbons (Fsp3) is 0.273. The topological polar surface area (TPSA) is 54.4 Å². The number of aldehydes is 1. The summed E-state index contributed by atoms with van der Waals surface area (Å²) in [4.78, 5) is 21.8. The van der Waals surface area contributed by atoms with Crippen LogP contribution >= 0.6 is 11.6 Å². The van der Waals surface area contributed by atoms with E-state index in [-0.39, 0.29) is 12.4 Å². The van der Waals surface area contributed by atoms with Gasteiger partial charge in [0.2, 0.25) is 0 Å². The average Bonchev–Trinajstić information content (AvgIpc) is 2.27. The fourth-order valence-corrected chi connectivity index (χ4v) is 1.47. The number of aliphatic hydroxyl groups is 1. The third-order valence-corrected chi connectivity index (χ3v) is 2.63. The molecule has 1 aromatic carbocycles. The Hall–Kier alpha value is -1.19. The van der Waals surface area contributed by atoms with Gasteiger partial charge in [0.1, 0.15) is 11.7 Å². The molecule has 0 aromatic heterocycles. The van der Waals surface area contributed by atoms with Crippen molar-refractivity contribution in [2.24, 2.45) is 0 Å². The molecule has 0 radical (unpaired) electrons. The second-order valence-electron chi connectivity index (χ2n) is 3.21. The Bertz CT molecular complexity index is 387. The maximum atomic E-state index is 11.1. The number of benzene rings is 1. The molecule has 1 unspecified atom stereocenters. The van der Waals surface area contributed by atoms with E-state index in [1.165, 1.54) is 13.0 Å². The molecule has 0 amide bonds. The monoisotopic (exact) mass is 226 g/mol. The zero-order valence-electron chi connectivity index (χ0n) is 8.24. The summed E-state index contributed by atoms with van der Waals surface area (Å²) in [5.74, 6) is -0.212. The van der Waals surface area contributed by atoms with Crippen LogP contribution in [-0.2, 0) is 11.4 Å². The molecule has 0 spiro atoms. The molecule has 0 saturated carbocycles. The summed E-state index contributed by atoms with van der Waals surface area (Å²) in [7, 11) is 0. The molecule has 0 bridgehead atoms. The summed E-state index contributed by atoms with van der Waals surface area (Å²) in [6.07, 6.45) is 0.632. The SMILES string of the molecule is CC(=O)C(Cl)c1ccc(CO)cc1C=O. The van der Waals surface area contributed by atoms with E-state index in [1.807, 2.05) is 0 Å². The predicted octanol–water partition coefficient (Wildman–Crippen LogP) is 1.86. The number of hydrogen-bond acceptors (Lipinski definition) is 3. The van der Waals surface area contributed by atoms with Crippen molar-refractivity contribution in [1.82, 2.24) is 0 Å². The maximum absolute atomic E-state index is 11.1. The minimum absolute atomic E-state index is 0.145. The van der Waals surface area contributed by atoms with E-state index in [0.717, 1.165) is 0 Å². The highest BCUT2D eigenvalue weighted by molar-refractivity contribution is 6.31. The zero-order valence-corrected chi connectivity index (χ0v) is 8.99. The lowest BCUT2D eigenvalue weighted by molar-refractivity contribution is -0.116. The van der Waals surface area contributed by atoms with Gasteiger partial charge in [0, 0.05) is 5.56 Å². The Kier molecular flexibility index (Phi) is 4.00. The van der Waals surface area contributed by atoms with Gasteiger partial charge < -0.3 is 5.11 Å². The first-order valence-electron chi connectivity index (χ1n) is 4.43. The minimum atomic E-state index is -0.807. The van der Waals surface area contributed by atoms with E-state index in [4.69, 9.17) is 16.7 Å². The lowest BCUT2D eigenvalue weighted by Crippen LogP contribution is -2.05. The van der Waals surface area contributed by atoms with Crippen LogP contribution in [-0.4, -0.2) is 17.2 Å². The Morgan fingerprint density at radius 2 is 2.27 bits per heavy atom. The molecule has 0 fully saturated rings. The third kappa shape index (κ3) is 2.64. The molecule has 1 aromatic rings. The Morgan fingerprint density at radius 1 is 1.60 bits per heavy atom. The van der Waals surface area contributed by atoms with E-state index in [2.05, 4.69) is 0 Å². The van der Waals surface area contributed by atoms with Gasteiger partial charge in [-0.1, -0.05) is 12.1 Å². The summed E-state index contributed by atoms with van der Waals surface area (Å²) in [6, 6.07) is 4.76. The average molecular weight is 227 g/mol. The number of ketones is 1. The van der Waals surface area contributed by atoms with Gasteiger partial charge in [0.15, 0.2) is 5.78 Å². The quantitative estimate of drug-likeness (QED) is 0.630. The van der Waals surface area contributed by atoms with Crippen LogP contribution in [0.5, 0.6) is 0 Å². The highest BCUT2D eigenvalue weighted by atomic mass is 35.5. The van der Waals surface area contributed by atoms with Crippen LogP contribution in [0.2, 0.25) is 0 Å². The van der Waals surface area contributed by atoms with Crippen molar-refractivity contribution >= 4 is 23.7 Å². The van der Waals surface area contributed by atoms with Crippen molar-refractivity contribution in [2.75, 3.05) is 0 Å². The smallest absolute Gasteiger partial charge is 0.152 e. The second kappa shape index (κ2) is 5.05. The maximum Gasteiger partial charge on any atom is 0.152 e. The molecule has 15 heavy (non-hydrogen) atoms. The van der Waals surface area contributed by atoms with E-state index in [0.29, 0.717) is 23.0 Å². The lowest BCUT2D eigenvalue weighted by Gasteiger charge is -2.09. The molecule has 0 saturated heterocycles. The number of halogens is 1. The standard InChI is InChI=1S/C11H11ClO3/c1-7(15)11(12)10-3-2-8(5-13)4-9(10)6-14/h2-4,6,11,13H,5H2,1H3. The minimum Gasteiger partial charge on any atom is -0.392 e. The highest BCUT2D eigenvalue weighted by Crippen LogP contribution is 2.25. The van der Waals surface area contributed by atoms with Gasteiger partial charge in [-0.15, -0.1) is 11.6 Å². The van der Waals surface area contributed by atoms with Crippen LogP contribution in [0.3, 0.4) is 0 Å². The predicted molar refractivity (Wildman–Crippen MR) is 57.0 cm³/mol. The summed E-state index contributed by atoms with van der Waals surface area (Å²) in [5.41, 5.74) is 1.45. The molecule has 1 atom stereocenters. The highest BCUT2D eigenvalue weighted by Gasteiger charge is 2.16. The van der Waals surface area contributed by atoms with Crippen molar-refractivity contribution in [3.8, 4) is 0 Å². The molecular weight excluding hydrogens is 216 g/mol. The van der Waals surface area contributed by atoms with Gasteiger partial charge in [-0.25, -0.2) is 0 Å². The van der Waals surface area contributed by atoms with Gasteiger partial charge in [-0.3, -0.25) is 9.59 Å². The van der Waals surface area contributed by atoms with Crippen molar-refractivity contribution in [3.63, 3.8) is 0 Å². The van der Waals surface area contributed by atoms with Crippen LogP contribution in [0.15, 0.2) is 18.2 Å². The first-order valence-corrected chi connectivity index (χ1v) is 4.87. The third-order valence-electron chi connectivity index (χ3n) is 2.09. The van der Waals surface area contributed by atoms with Crippen LogP contribution < -0.4 is 0 Å². The molecule has 4 heteroatoms. The van der Waals surface area contributed by atoms with Crippen LogP contribution in [0, 0.1) is 0 Å². The van der Waals surface area contributed by atoms with Crippen molar-refractivity contribution in [2.45, 2.75) is 18.9 Å². The summed E-state index contributed by atoms with van der Waals surface area (Å²) >= 11 is 5.85. The van der Waals surface area contributed by atoms with Crippen LogP contribution in [0.25, 0.3) is 0 Å².